The molecule has 0 amide bonds. The van der Waals surface area contributed by atoms with Crippen molar-refractivity contribution < 1.29 is 0 Å². The van der Waals surface area contributed by atoms with Crippen LogP contribution in [-0.2, 0) is 0 Å². The Kier molecular flexibility index (Phi) is 5.16. The maximum absolute atomic E-state index is 5.06. The van der Waals surface area contributed by atoms with Gasteiger partial charge in [-0.3, -0.25) is 9.88 Å². The van der Waals surface area contributed by atoms with Crippen molar-refractivity contribution in [2.45, 2.75) is 26.8 Å². The smallest absolute Gasteiger partial charge is 0.150 e. The van der Waals surface area contributed by atoms with Crippen LogP contribution in [0.2, 0.25) is 0 Å². The average Bonchev–Trinajstić information content (AvgIpc) is 3.26. The van der Waals surface area contributed by atoms with Gasteiger partial charge in [0, 0.05) is 56.4 Å². The molecule has 0 N–H and O–H groups in total. The third-order valence-electron chi connectivity index (χ3n) is 6.39. The van der Waals surface area contributed by atoms with Gasteiger partial charge in [-0.2, -0.15) is 0 Å². The molecule has 0 spiro atoms. The van der Waals surface area contributed by atoms with Gasteiger partial charge in [-0.15, -0.1) is 0 Å². The van der Waals surface area contributed by atoms with Gasteiger partial charge in [-0.05, 0) is 38.0 Å². The summed E-state index contributed by atoms with van der Waals surface area (Å²) in [6.07, 6.45) is 7.77. The van der Waals surface area contributed by atoms with Crippen LogP contribution in [0.5, 0.6) is 0 Å². The average molecular weight is 413 g/mol. The summed E-state index contributed by atoms with van der Waals surface area (Å²) in [5.41, 5.74) is 6.47. The first-order chi connectivity index (χ1) is 15.1. The summed E-state index contributed by atoms with van der Waals surface area (Å²) in [5.74, 6) is 0.995. The Morgan fingerprint density at radius 1 is 0.968 bits per heavy atom. The summed E-state index contributed by atoms with van der Waals surface area (Å²) in [6, 6.07) is 13.3. The number of benzene rings is 1. The van der Waals surface area contributed by atoms with Crippen LogP contribution < -0.4 is 4.90 Å². The molecule has 4 aromatic rings. The van der Waals surface area contributed by atoms with Crippen molar-refractivity contribution in [3.63, 3.8) is 0 Å². The highest BCUT2D eigenvalue weighted by Crippen LogP contribution is 2.28. The normalized spacial score (nSPS) is 16.0. The summed E-state index contributed by atoms with van der Waals surface area (Å²) in [7, 11) is 0. The number of hydrogen-bond acceptors (Lipinski definition) is 5. The lowest BCUT2D eigenvalue weighted by Gasteiger charge is -2.39. The molecule has 1 aliphatic rings. The predicted molar refractivity (Wildman–Crippen MR) is 124 cm³/mol. The van der Waals surface area contributed by atoms with E-state index in [-0.39, 0.29) is 0 Å². The van der Waals surface area contributed by atoms with Crippen LogP contribution in [0.25, 0.3) is 16.9 Å². The number of anilines is 1. The van der Waals surface area contributed by atoms with Crippen molar-refractivity contribution in [2.75, 3.05) is 31.1 Å². The number of fused-ring (bicyclic) bond motifs is 1. The van der Waals surface area contributed by atoms with Crippen molar-refractivity contribution in [1.29, 1.82) is 0 Å². The Morgan fingerprint density at radius 3 is 2.52 bits per heavy atom. The molecule has 6 nitrogen and oxygen atoms in total. The third-order valence-corrected chi connectivity index (χ3v) is 6.39. The zero-order valence-electron chi connectivity index (χ0n) is 18.4. The Labute approximate surface area is 183 Å². The van der Waals surface area contributed by atoms with Crippen molar-refractivity contribution in [3.8, 4) is 11.3 Å². The molecule has 0 bridgehead atoms. The minimum absolute atomic E-state index is 0.423. The van der Waals surface area contributed by atoms with Crippen LogP contribution in [0.3, 0.4) is 0 Å². The molecule has 1 atom stereocenters. The number of rotatable bonds is 4. The van der Waals surface area contributed by atoms with E-state index in [0.717, 1.165) is 60.2 Å². The van der Waals surface area contributed by atoms with Crippen LogP contribution >= 0.6 is 0 Å². The lowest BCUT2D eigenvalue weighted by Crippen LogP contribution is -2.47. The van der Waals surface area contributed by atoms with Crippen LogP contribution in [-0.4, -0.2) is 50.4 Å². The second-order valence-electron chi connectivity index (χ2n) is 8.34. The van der Waals surface area contributed by atoms with Gasteiger partial charge in [0.15, 0.2) is 5.82 Å². The first-order valence-electron chi connectivity index (χ1n) is 10.9. The zero-order valence-corrected chi connectivity index (χ0v) is 18.4. The van der Waals surface area contributed by atoms with Gasteiger partial charge >= 0.3 is 0 Å². The fraction of sp³-hybridized carbons (Fsp3) is 0.320. The van der Waals surface area contributed by atoms with Crippen LogP contribution in [0.4, 0.5) is 5.82 Å². The Bertz CT molecular complexity index is 1190. The van der Waals surface area contributed by atoms with E-state index in [1.807, 2.05) is 23.0 Å². The van der Waals surface area contributed by atoms with Crippen molar-refractivity contribution in [1.82, 2.24) is 24.3 Å². The minimum atomic E-state index is 0.423. The lowest BCUT2D eigenvalue weighted by molar-refractivity contribution is 0.198. The number of aromatic nitrogens is 4. The standard InChI is InChI=1S/C25H28N6/c1-18-15-24-26-9-10-31(24)17-22(18)23-16-27-19(2)25(28-23)30-13-11-29(12-14-30)20(3)21-7-5-4-6-8-21/h4-10,15-17,20H,11-14H2,1-3H3. The highest BCUT2D eigenvalue weighted by molar-refractivity contribution is 5.66. The quantitative estimate of drug-likeness (QED) is 0.500. The molecule has 5 rings (SSSR count). The fourth-order valence-corrected chi connectivity index (χ4v) is 4.46. The Morgan fingerprint density at radius 2 is 1.74 bits per heavy atom. The molecule has 1 fully saturated rings. The van der Waals surface area contributed by atoms with Crippen molar-refractivity contribution in [3.05, 3.63) is 78.0 Å². The van der Waals surface area contributed by atoms with Gasteiger partial charge in [0.25, 0.3) is 0 Å². The van der Waals surface area contributed by atoms with Gasteiger partial charge < -0.3 is 9.30 Å². The Hall–Kier alpha value is -3.25. The maximum atomic E-state index is 5.06. The zero-order chi connectivity index (χ0) is 21.4. The number of nitrogens with zero attached hydrogens (tertiary/aromatic N) is 6. The van der Waals surface area contributed by atoms with Gasteiger partial charge in [0.2, 0.25) is 0 Å². The molecule has 158 valence electrons. The molecular weight excluding hydrogens is 384 g/mol. The Balaban J connectivity index is 1.37. The highest BCUT2D eigenvalue weighted by atomic mass is 15.3. The molecule has 4 heterocycles. The van der Waals surface area contributed by atoms with E-state index in [2.05, 4.69) is 78.2 Å². The van der Waals surface area contributed by atoms with E-state index in [0.29, 0.717) is 6.04 Å². The number of imidazole rings is 1. The maximum Gasteiger partial charge on any atom is 0.150 e. The van der Waals surface area contributed by atoms with Gasteiger partial charge in [0.05, 0.1) is 17.6 Å². The first kappa shape index (κ1) is 19.7. The second-order valence-corrected chi connectivity index (χ2v) is 8.34. The van der Waals surface area contributed by atoms with E-state index in [1.165, 1.54) is 5.56 Å². The molecule has 1 saturated heterocycles. The minimum Gasteiger partial charge on any atom is -0.353 e. The van der Waals surface area contributed by atoms with Gasteiger partial charge in [-0.1, -0.05) is 30.3 Å². The number of piperazine rings is 1. The number of aryl methyl sites for hydroxylation is 2. The molecule has 0 saturated carbocycles. The van der Waals surface area contributed by atoms with Crippen LogP contribution in [0, 0.1) is 13.8 Å². The molecule has 0 aliphatic carbocycles. The molecule has 3 aromatic heterocycles. The van der Waals surface area contributed by atoms with E-state index >= 15 is 0 Å². The summed E-state index contributed by atoms with van der Waals surface area (Å²) in [5, 5.41) is 0. The van der Waals surface area contributed by atoms with Crippen LogP contribution in [0.15, 0.2) is 61.2 Å². The molecule has 1 unspecified atom stereocenters. The molecular formula is C25H28N6. The van der Waals surface area contributed by atoms with Crippen LogP contribution in [0.1, 0.15) is 29.8 Å². The first-order valence-corrected chi connectivity index (χ1v) is 10.9. The fourth-order valence-electron chi connectivity index (χ4n) is 4.46. The van der Waals surface area contributed by atoms with E-state index in [9.17, 15) is 0 Å². The largest absolute Gasteiger partial charge is 0.353 e. The topological polar surface area (TPSA) is 49.6 Å². The summed E-state index contributed by atoms with van der Waals surface area (Å²) < 4.78 is 2.04. The lowest BCUT2D eigenvalue weighted by atomic mass is 10.1. The van der Waals surface area contributed by atoms with Gasteiger partial charge in [0.1, 0.15) is 5.65 Å². The molecule has 31 heavy (non-hydrogen) atoms. The molecule has 1 aliphatic heterocycles. The second kappa shape index (κ2) is 8.12. The predicted octanol–water partition coefficient (Wildman–Crippen LogP) is 4.29. The SMILES string of the molecule is Cc1cc2nccn2cc1-c1cnc(C)c(N2CCN(C(C)c3ccccc3)CC2)n1. The number of hydrogen-bond donors (Lipinski definition) is 0. The summed E-state index contributed by atoms with van der Waals surface area (Å²) >= 11 is 0. The van der Waals surface area contributed by atoms with Crippen molar-refractivity contribution >= 4 is 11.5 Å². The molecule has 0 radical (unpaired) electrons. The molecule has 1 aromatic carbocycles. The summed E-state index contributed by atoms with van der Waals surface area (Å²) in [4.78, 5) is 19.1. The third kappa shape index (κ3) is 3.79. The van der Waals surface area contributed by atoms with Crippen molar-refractivity contribution in [2.24, 2.45) is 0 Å². The van der Waals surface area contributed by atoms with E-state index in [1.54, 1.807) is 0 Å². The monoisotopic (exact) mass is 412 g/mol. The number of pyridine rings is 1. The van der Waals surface area contributed by atoms with E-state index < -0.39 is 0 Å². The highest BCUT2D eigenvalue weighted by Gasteiger charge is 2.24. The van der Waals surface area contributed by atoms with E-state index in [4.69, 9.17) is 9.97 Å². The van der Waals surface area contributed by atoms with Gasteiger partial charge in [-0.25, -0.2) is 9.97 Å². The summed E-state index contributed by atoms with van der Waals surface area (Å²) in [6.45, 7) is 10.4. The molecule has 6 heteroatoms.